The third kappa shape index (κ3) is 1.89. The van der Waals surface area contributed by atoms with Gasteiger partial charge in [0, 0.05) is 7.05 Å². The van der Waals surface area contributed by atoms with E-state index in [1.807, 2.05) is 38.2 Å². The van der Waals surface area contributed by atoms with Gasteiger partial charge in [-0.25, -0.2) is 0 Å². The number of carbonyl (C=O) groups is 1. The fraction of sp³-hybridized carbons (Fsp3) is 0.417. The van der Waals surface area contributed by atoms with Gasteiger partial charge in [0.05, 0.1) is 12.4 Å². The summed E-state index contributed by atoms with van der Waals surface area (Å²) in [6, 6.07) is 7.88. The second-order valence-electron chi connectivity index (χ2n) is 3.85. The van der Waals surface area contributed by atoms with Crippen molar-refractivity contribution >= 4 is 17.7 Å². The standard InChI is InChI=1S/C12H15NO2S/c1-8-11(14)13(2)12(16-8)9-4-6-10(15-3)7-5-9/h4-8,12H,1-3H3/t8-,12-/m0/s1. The SMILES string of the molecule is COc1ccc([C@@H]2S[C@@H](C)C(=O)N2C)cc1. The van der Waals surface area contributed by atoms with E-state index in [9.17, 15) is 4.79 Å². The number of thioether (sulfide) groups is 1. The van der Waals surface area contributed by atoms with Gasteiger partial charge in [-0.2, -0.15) is 0 Å². The van der Waals surface area contributed by atoms with Crippen LogP contribution < -0.4 is 4.74 Å². The molecule has 2 atom stereocenters. The highest BCUT2D eigenvalue weighted by atomic mass is 32.2. The molecule has 4 heteroatoms. The van der Waals surface area contributed by atoms with Crippen molar-refractivity contribution in [3.05, 3.63) is 29.8 Å². The summed E-state index contributed by atoms with van der Waals surface area (Å²) >= 11 is 1.68. The van der Waals surface area contributed by atoms with Crippen LogP contribution >= 0.6 is 11.8 Å². The molecule has 1 aromatic carbocycles. The van der Waals surface area contributed by atoms with Gasteiger partial charge in [-0.15, -0.1) is 11.8 Å². The van der Waals surface area contributed by atoms with Crippen molar-refractivity contribution in [1.82, 2.24) is 4.90 Å². The quantitative estimate of drug-likeness (QED) is 0.790. The molecule has 1 saturated heterocycles. The second kappa shape index (κ2) is 4.37. The van der Waals surface area contributed by atoms with E-state index in [0.29, 0.717) is 0 Å². The fourth-order valence-corrected chi connectivity index (χ4v) is 3.09. The predicted octanol–water partition coefficient (Wildman–Crippen LogP) is 2.29. The minimum absolute atomic E-state index is 0.0529. The maximum absolute atomic E-state index is 11.7. The molecule has 2 rings (SSSR count). The lowest BCUT2D eigenvalue weighted by molar-refractivity contribution is -0.128. The normalized spacial score (nSPS) is 24.9. The first kappa shape index (κ1) is 11.3. The van der Waals surface area contributed by atoms with Crippen LogP contribution in [-0.2, 0) is 4.79 Å². The molecule has 3 nitrogen and oxygen atoms in total. The lowest BCUT2D eigenvalue weighted by Crippen LogP contribution is -2.25. The molecule has 0 unspecified atom stereocenters. The van der Waals surface area contributed by atoms with E-state index >= 15 is 0 Å². The number of rotatable bonds is 2. The molecule has 1 aliphatic heterocycles. The summed E-state index contributed by atoms with van der Waals surface area (Å²) in [5, 5.41) is 0.186. The van der Waals surface area contributed by atoms with Crippen LogP contribution in [0.4, 0.5) is 0 Å². The van der Waals surface area contributed by atoms with Gasteiger partial charge in [0.25, 0.3) is 0 Å². The Balaban J connectivity index is 2.21. The zero-order valence-electron chi connectivity index (χ0n) is 9.64. The highest BCUT2D eigenvalue weighted by Gasteiger charge is 2.35. The summed E-state index contributed by atoms with van der Waals surface area (Å²) in [7, 11) is 3.50. The molecular formula is C12H15NO2S. The number of benzene rings is 1. The third-order valence-electron chi connectivity index (χ3n) is 2.78. The number of hydrogen-bond acceptors (Lipinski definition) is 3. The van der Waals surface area contributed by atoms with Crippen molar-refractivity contribution < 1.29 is 9.53 Å². The average Bonchev–Trinajstić information content (AvgIpc) is 2.57. The molecule has 1 amide bonds. The highest BCUT2D eigenvalue weighted by molar-refractivity contribution is 8.01. The molecule has 16 heavy (non-hydrogen) atoms. The predicted molar refractivity (Wildman–Crippen MR) is 65.6 cm³/mol. The number of carbonyl (C=O) groups excluding carboxylic acids is 1. The summed E-state index contributed by atoms with van der Waals surface area (Å²) < 4.78 is 5.11. The van der Waals surface area contributed by atoms with Crippen LogP contribution in [0.15, 0.2) is 24.3 Å². The Morgan fingerprint density at radius 1 is 1.31 bits per heavy atom. The van der Waals surface area contributed by atoms with Crippen molar-refractivity contribution in [2.75, 3.05) is 14.2 Å². The van der Waals surface area contributed by atoms with Crippen molar-refractivity contribution in [3.8, 4) is 5.75 Å². The van der Waals surface area contributed by atoms with Crippen LogP contribution in [0.1, 0.15) is 17.9 Å². The molecule has 1 aliphatic rings. The first-order valence-electron chi connectivity index (χ1n) is 5.19. The van der Waals surface area contributed by atoms with Gasteiger partial charge in [0.2, 0.25) is 5.91 Å². The number of nitrogens with zero attached hydrogens (tertiary/aromatic N) is 1. The molecular weight excluding hydrogens is 222 g/mol. The molecule has 0 radical (unpaired) electrons. The summed E-state index contributed by atoms with van der Waals surface area (Å²) in [5.41, 5.74) is 1.14. The number of amides is 1. The van der Waals surface area contributed by atoms with E-state index in [1.165, 1.54) is 0 Å². The fourth-order valence-electron chi connectivity index (χ4n) is 1.82. The van der Waals surface area contributed by atoms with Gasteiger partial charge in [-0.1, -0.05) is 12.1 Å². The Morgan fingerprint density at radius 3 is 2.38 bits per heavy atom. The zero-order valence-corrected chi connectivity index (χ0v) is 10.5. The van der Waals surface area contributed by atoms with Gasteiger partial charge in [0.15, 0.2) is 0 Å². The lowest BCUT2D eigenvalue weighted by Gasteiger charge is -2.19. The zero-order chi connectivity index (χ0) is 11.7. The summed E-state index contributed by atoms with van der Waals surface area (Å²) in [4.78, 5) is 13.5. The van der Waals surface area contributed by atoms with E-state index in [2.05, 4.69) is 0 Å². The molecule has 86 valence electrons. The average molecular weight is 237 g/mol. The topological polar surface area (TPSA) is 29.5 Å². The van der Waals surface area contributed by atoms with E-state index in [1.54, 1.807) is 23.8 Å². The summed E-state index contributed by atoms with van der Waals surface area (Å²) in [6.07, 6.45) is 0. The monoisotopic (exact) mass is 237 g/mol. The Kier molecular flexibility index (Phi) is 3.10. The highest BCUT2D eigenvalue weighted by Crippen LogP contribution is 2.41. The molecule has 1 fully saturated rings. The van der Waals surface area contributed by atoms with Crippen LogP contribution in [0.3, 0.4) is 0 Å². The van der Waals surface area contributed by atoms with Crippen LogP contribution in [-0.4, -0.2) is 30.2 Å². The smallest absolute Gasteiger partial charge is 0.236 e. The van der Waals surface area contributed by atoms with Crippen molar-refractivity contribution in [2.24, 2.45) is 0 Å². The van der Waals surface area contributed by atoms with Gasteiger partial charge in [0.1, 0.15) is 11.1 Å². The van der Waals surface area contributed by atoms with Crippen LogP contribution in [0.25, 0.3) is 0 Å². The maximum Gasteiger partial charge on any atom is 0.236 e. The number of hydrogen-bond donors (Lipinski definition) is 0. The molecule has 0 bridgehead atoms. The third-order valence-corrected chi connectivity index (χ3v) is 4.24. The van der Waals surface area contributed by atoms with Crippen molar-refractivity contribution in [2.45, 2.75) is 17.5 Å². The van der Waals surface area contributed by atoms with Gasteiger partial charge >= 0.3 is 0 Å². The maximum atomic E-state index is 11.7. The number of ether oxygens (including phenoxy) is 1. The molecule has 0 spiro atoms. The minimum atomic E-state index is 0.0529. The molecule has 0 aromatic heterocycles. The molecule has 1 heterocycles. The summed E-state index contributed by atoms with van der Waals surface area (Å²) in [5.74, 6) is 1.04. The lowest BCUT2D eigenvalue weighted by atomic mass is 10.2. The van der Waals surface area contributed by atoms with E-state index < -0.39 is 0 Å². The summed E-state index contributed by atoms with van der Waals surface area (Å²) in [6.45, 7) is 1.95. The van der Waals surface area contributed by atoms with Crippen LogP contribution in [0, 0.1) is 0 Å². The Bertz CT molecular complexity index is 391. The first-order chi connectivity index (χ1) is 7.63. The largest absolute Gasteiger partial charge is 0.497 e. The molecule has 0 aliphatic carbocycles. The number of methoxy groups -OCH3 is 1. The van der Waals surface area contributed by atoms with Gasteiger partial charge in [-0.05, 0) is 24.6 Å². The van der Waals surface area contributed by atoms with Gasteiger partial charge in [-0.3, -0.25) is 4.79 Å². The molecule has 1 aromatic rings. The minimum Gasteiger partial charge on any atom is -0.497 e. The van der Waals surface area contributed by atoms with Crippen LogP contribution in [0.5, 0.6) is 5.75 Å². The van der Waals surface area contributed by atoms with Gasteiger partial charge < -0.3 is 9.64 Å². The van der Waals surface area contributed by atoms with E-state index in [-0.39, 0.29) is 16.5 Å². The second-order valence-corrected chi connectivity index (χ2v) is 5.28. The van der Waals surface area contributed by atoms with Crippen molar-refractivity contribution in [3.63, 3.8) is 0 Å². The Labute approximate surface area is 99.8 Å². The van der Waals surface area contributed by atoms with Crippen molar-refractivity contribution in [1.29, 1.82) is 0 Å². The molecule has 0 N–H and O–H groups in total. The van der Waals surface area contributed by atoms with Crippen LogP contribution in [0.2, 0.25) is 0 Å². The molecule has 0 saturated carbocycles. The van der Waals surface area contributed by atoms with E-state index in [4.69, 9.17) is 4.74 Å². The Hall–Kier alpha value is -1.16. The first-order valence-corrected chi connectivity index (χ1v) is 6.14. The Morgan fingerprint density at radius 2 is 1.94 bits per heavy atom. The van der Waals surface area contributed by atoms with E-state index in [0.717, 1.165) is 11.3 Å².